The van der Waals surface area contributed by atoms with Crippen LogP contribution >= 0.6 is 0 Å². The maximum atomic E-state index is 5.92. The zero-order valence-corrected chi connectivity index (χ0v) is 13.6. The molecule has 0 bridgehead atoms. The van der Waals surface area contributed by atoms with Gasteiger partial charge in [-0.2, -0.15) is 0 Å². The summed E-state index contributed by atoms with van der Waals surface area (Å²) in [5.41, 5.74) is 4.81. The Morgan fingerprint density at radius 3 is 2.54 bits per heavy atom. The van der Waals surface area contributed by atoms with E-state index >= 15 is 0 Å². The van der Waals surface area contributed by atoms with Crippen molar-refractivity contribution in [2.45, 2.75) is 13.5 Å². The predicted octanol–water partition coefficient (Wildman–Crippen LogP) is 5.52. The third kappa shape index (κ3) is 2.91. The van der Waals surface area contributed by atoms with E-state index in [9.17, 15) is 0 Å². The molecular formula is C22H19NO. The van der Waals surface area contributed by atoms with Gasteiger partial charge in [-0.15, -0.1) is 0 Å². The third-order valence-electron chi connectivity index (χ3n) is 4.19. The summed E-state index contributed by atoms with van der Waals surface area (Å²) >= 11 is 0. The van der Waals surface area contributed by atoms with Gasteiger partial charge in [0.2, 0.25) is 0 Å². The Balaban J connectivity index is 1.61. The topological polar surface area (TPSA) is 14.2 Å². The van der Waals surface area contributed by atoms with Crippen molar-refractivity contribution in [2.75, 3.05) is 0 Å². The SMILES string of the molecule is Cc1cccc(-n2ccc3cc(OCc4ccccc4)ccc32)c1. The second-order valence-electron chi connectivity index (χ2n) is 6.02. The number of hydrogen-bond acceptors (Lipinski definition) is 1. The van der Waals surface area contributed by atoms with Crippen molar-refractivity contribution >= 4 is 10.9 Å². The molecule has 118 valence electrons. The summed E-state index contributed by atoms with van der Waals surface area (Å²) in [6.07, 6.45) is 2.11. The Hall–Kier alpha value is -3.00. The summed E-state index contributed by atoms with van der Waals surface area (Å²) < 4.78 is 8.14. The number of aryl methyl sites for hydroxylation is 1. The molecular weight excluding hydrogens is 294 g/mol. The molecule has 0 spiro atoms. The molecule has 2 nitrogen and oxygen atoms in total. The molecule has 3 aromatic carbocycles. The van der Waals surface area contributed by atoms with Crippen molar-refractivity contribution in [1.82, 2.24) is 4.57 Å². The summed E-state index contributed by atoms with van der Waals surface area (Å²) in [5.74, 6) is 0.897. The molecule has 0 fully saturated rings. The quantitative estimate of drug-likeness (QED) is 0.484. The van der Waals surface area contributed by atoms with Crippen LogP contribution < -0.4 is 4.74 Å². The molecule has 4 aromatic rings. The fourth-order valence-electron chi connectivity index (χ4n) is 2.95. The molecule has 2 heteroatoms. The van der Waals surface area contributed by atoms with Crippen molar-refractivity contribution in [2.24, 2.45) is 0 Å². The van der Waals surface area contributed by atoms with Crippen LogP contribution in [0.1, 0.15) is 11.1 Å². The van der Waals surface area contributed by atoms with Crippen LogP contribution in [0, 0.1) is 6.92 Å². The molecule has 0 unspecified atom stereocenters. The minimum absolute atomic E-state index is 0.588. The van der Waals surface area contributed by atoms with Crippen LogP contribution in [-0.2, 0) is 6.61 Å². The molecule has 0 aliphatic heterocycles. The van der Waals surface area contributed by atoms with E-state index in [4.69, 9.17) is 4.74 Å². The Bertz CT molecular complexity index is 970. The van der Waals surface area contributed by atoms with Gasteiger partial charge >= 0.3 is 0 Å². The molecule has 0 saturated heterocycles. The average Bonchev–Trinajstić information content (AvgIpc) is 3.04. The van der Waals surface area contributed by atoms with Gasteiger partial charge in [0.1, 0.15) is 12.4 Å². The van der Waals surface area contributed by atoms with Gasteiger partial charge in [0.15, 0.2) is 0 Å². The Morgan fingerprint density at radius 1 is 0.833 bits per heavy atom. The largest absolute Gasteiger partial charge is 0.489 e. The van der Waals surface area contributed by atoms with E-state index in [-0.39, 0.29) is 0 Å². The highest BCUT2D eigenvalue weighted by Gasteiger charge is 2.05. The maximum Gasteiger partial charge on any atom is 0.120 e. The fourth-order valence-corrected chi connectivity index (χ4v) is 2.95. The normalized spacial score (nSPS) is 10.9. The van der Waals surface area contributed by atoms with E-state index < -0.39 is 0 Å². The van der Waals surface area contributed by atoms with Gasteiger partial charge < -0.3 is 9.30 Å². The lowest BCUT2D eigenvalue weighted by Crippen LogP contribution is -1.95. The van der Waals surface area contributed by atoms with Gasteiger partial charge in [0, 0.05) is 17.3 Å². The van der Waals surface area contributed by atoms with Gasteiger partial charge in [-0.25, -0.2) is 0 Å². The van der Waals surface area contributed by atoms with Crippen LogP contribution in [0.25, 0.3) is 16.6 Å². The third-order valence-corrected chi connectivity index (χ3v) is 4.19. The van der Waals surface area contributed by atoms with Crippen molar-refractivity contribution < 1.29 is 4.74 Å². The second-order valence-corrected chi connectivity index (χ2v) is 6.02. The maximum absolute atomic E-state index is 5.92. The molecule has 1 heterocycles. The number of ether oxygens (including phenoxy) is 1. The summed E-state index contributed by atoms with van der Waals surface area (Å²) in [5, 5.41) is 1.18. The van der Waals surface area contributed by atoms with E-state index in [1.807, 2.05) is 24.3 Å². The first kappa shape index (κ1) is 14.6. The molecule has 0 radical (unpaired) electrons. The minimum Gasteiger partial charge on any atom is -0.489 e. The number of rotatable bonds is 4. The number of aromatic nitrogens is 1. The number of hydrogen-bond donors (Lipinski definition) is 0. The monoisotopic (exact) mass is 313 g/mol. The first-order valence-corrected chi connectivity index (χ1v) is 8.14. The molecule has 0 N–H and O–H groups in total. The summed E-state index contributed by atoms with van der Waals surface area (Å²) in [7, 11) is 0. The van der Waals surface area contributed by atoms with Crippen molar-refractivity contribution in [3.63, 3.8) is 0 Å². The molecule has 24 heavy (non-hydrogen) atoms. The second kappa shape index (κ2) is 6.25. The van der Waals surface area contributed by atoms with E-state index in [1.165, 1.54) is 27.7 Å². The van der Waals surface area contributed by atoms with E-state index in [0.717, 1.165) is 5.75 Å². The highest BCUT2D eigenvalue weighted by molar-refractivity contribution is 5.83. The smallest absolute Gasteiger partial charge is 0.120 e. The highest BCUT2D eigenvalue weighted by atomic mass is 16.5. The van der Waals surface area contributed by atoms with Gasteiger partial charge in [-0.3, -0.25) is 0 Å². The van der Waals surface area contributed by atoms with Gasteiger partial charge in [-0.05, 0) is 54.4 Å². The molecule has 4 rings (SSSR count). The lowest BCUT2D eigenvalue weighted by molar-refractivity contribution is 0.306. The van der Waals surface area contributed by atoms with Crippen LogP contribution in [0.2, 0.25) is 0 Å². The Kier molecular flexibility index (Phi) is 3.80. The predicted molar refractivity (Wildman–Crippen MR) is 98.8 cm³/mol. The van der Waals surface area contributed by atoms with Crippen molar-refractivity contribution in [1.29, 1.82) is 0 Å². The van der Waals surface area contributed by atoms with Crippen LogP contribution in [0.5, 0.6) is 5.75 Å². The molecule has 0 aliphatic rings. The van der Waals surface area contributed by atoms with Gasteiger partial charge in [-0.1, -0.05) is 42.5 Å². The van der Waals surface area contributed by atoms with Crippen LogP contribution in [-0.4, -0.2) is 4.57 Å². The number of benzene rings is 3. The zero-order valence-electron chi connectivity index (χ0n) is 13.6. The van der Waals surface area contributed by atoms with E-state index in [0.29, 0.717) is 6.61 Å². The van der Waals surface area contributed by atoms with E-state index in [1.54, 1.807) is 0 Å². The fraction of sp³-hybridized carbons (Fsp3) is 0.0909. The first-order valence-electron chi connectivity index (χ1n) is 8.14. The summed E-state index contributed by atoms with van der Waals surface area (Å²) in [6.45, 7) is 2.70. The minimum atomic E-state index is 0.588. The van der Waals surface area contributed by atoms with Crippen molar-refractivity contribution in [3.05, 3.63) is 96.2 Å². The van der Waals surface area contributed by atoms with Crippen molar-refractivity contribution in [3.8, 4) is 11.4 Å². The molecule has 0 atom stereocenters. The lowest BCUT2D eigenvalue weighted by Gasteiger charge is -2.09. The standard InChI is InChI=1S/C22H19NO/c1-17-6-5-9-20(14-17)23-13-12-19-15-21(10-11-22(19)23)24-16-18-7-3-2-4-8-18/h2-15H,16H2,1H3. The van der Waals surface area contributed by atoms with Gasteiger partial charge in [0.25, 0.3) is 0 Å². The Morgan fingerprint density at radius 2 is 1.71 bits per heavy atom. The number of nitrogens with zero attached hydrogens (tertiary/aromatic N) is 1. The van der Waals surface area contributed by atoms with Crippen LogP contribution in [0.3, 0.4) is 0 Å². The molecule has 0 amide bonds. The zero-order chi connectivity index (χ0) is 16.4. The van der Waals surface area contributed by atoms with Gasteiger partial charge in [0.05, 0.1) is 5.52 Å². The Labute approximate surface area is 141 Å². The molecule has 0 aliphatic carbocycles. The average molecular weight is 313 g/mol. The summed E-state index contributed by atoms with van der Waals surface area (Å²) in [4.78, 5) is 0. The molecule has 0 saturated carbocycles. The van der Waals surface area contributed by atoms with Crippen LogP contribution in [0.4, 0.5) is 0 Å². The molecule has 1 aromatic heterocycles. The first-order chi connectivity index (χ1) is 11.8. The highest BCUT2D eigenvalue weighted by Crippen LogP contribution is 2.25. The van der Waals surface area contributed by atoms with E-state index in [2.05, 4.69) is 72.3 Å². The van der Waals surface area contributed by atoms with Crippen LogP contribution in [0.15, 0.2) is 85.1 Å². The number of fused-ring (bicyclic) bond motifs is 1. The summed E-state index contributed by atoms with van der Waals surface area (Å²) in [6, 6.07) is 27.2. The lowest BCUT2D eigenvalue weighted by atomic mass is 10.2.